The molecule has 0 aromatic carbocycles. The number of hydrogen-bond acceptors (Lipinski definition) is 8. The first-order valence-electron chi connectivity index (χ1n) is 9.87. The molecule has 1 saturated heterocycles. The number of piperidine rings is 1. The molecule has 0 bridgehead atoms. The van der Waals surface area contributed by atoms with Crippen molar-refractivity contribution >= 4 is 35.7 Å². The molecule has 0 saturated carbocycles. The molecule has 3 rings (SSSR count). The van der Waals surface area contributed by atoms with E-state index in [1.807, 2.05) is 17.7 Å². The largest absolute Gasteiger partial charge is 0.375 e. The normalized spacial score (nSPS) is 15.4. The van der Waals surface area contributed by atoms with Crippen LogP contribution in [-0.4, -0.2) is 79.7 Å². The maximum absolute atomic E-state index is 7.19. The number of likely N-dealkylation sites (tertiary alicyclic amines) is 1. The fourth-order valence-electron chi connectivity index (χ4n) is 3.27. The zero-order chi connectivity index (χ0) is 21.5. The van der Waals surface area contributed by atoms with Crippen LogP contribution in [0.5, 0.6) is 0 Å². The highest BCUT2D eigenvalue weighted by Gasteiger charge is 2.20. The van der Waals surface area contributed by atoms with Crippen LogP contribution in [0.1, 0.15) is 25.0 Å². The first-order chi connectivity index (χ1) is 14.5. The predicted octanol–water partition coefficient (Wildman–Crippen LogP) is 1.30. The summed E-state index contributed by atoms with van der Waals surface area (Å²) in [7, 11) is 3.61. The highest BCUT2D eigenvalue weighted by atomic mass is 32.1. The van der Waals surface area contributed by atoms with Crippen LogP contribution in [0.15, 0.2) is 23.7 Å². The molecule has 2 aromatic rings. The number of nitrogens with zero attached hydrogens (tertiary/aromatic N) is 7. The molecule has 0 aliphatic carbocycles. The van der Waals surface area contributed by atoms with E-state index in [0.29, 0.717) is 17.7 Å². The van der Waals surface area contributed by atoms with Crippen molar-refractivity contribution in [1.82, 2.24) is 29.4 Å². The van der Waals surface area contributed by atoms with Crippen LogP contribution >= 0.6 is 12.2 Å². The number of hydrogen-bond donors (Lipinski definition) is 3. The summed E-state index contributed by atoms with van der Waals surface area (Å²) in [5, 5.41) is 16.5. The van der Waals surface area contributed by atoms with Gasteiger partial charge < -0.3 is 25.9 Å². The molecular formula is C19H28N10S. The van der Waals surface area contributed by atoms with E-state index < -0.39 is 0 Å². The Balaban J connectivity index is 1.78. The van der Waals surface area contributed by atoms with Gasteiger partial charge in [-0.3, -0.25) is 0 Å². The standard InChI is InChI=1S/C19H28N10S/c1-27-13-22-12-17(27)16-10-15(11-23-28(2)18(21)30)25-19(26-16)24-14-4-8-29(9-5-14)7-3-6-20/h6,10-14,20H,3-5,7-9H2,1-2H3,(H2,21,30)(H,24,25,26)/b20-6?,23-11+. The molecule has 0 spiro atoms. The van der Waals surface area contributed by atoms with Gasteiger partial charge in [0.25, 0.3) is 0 Å². The fourth-order valence-corrected chi connectivity index (χ4v) is 3.31. The van der Waals surface area contributed by atoms with Gasteiger partial charge in [0.05, 0.1) is 35.8 Å². The van der Waals surface area contributed by atoms with Crippen LogP contribution in [-0.2, 0) is 7.05 Å². The first-order valence-corrected chi connectivity index (χ1v) is 10.3. The third-order valence-electron chi connectivity index (χ3n) is 5.02. The second kappa shape index (κ2) is 10.2. The maximum Gasteiger partial charge on any atom is 0.224 e. The van der Waals surface area contributed by atoms with Gasteiger partial charge >= 0.3 is 0 Å². The van der Waals surface area contributed by atoms with Gasteiger partial charge in [-0.2, -0.15) is 5.10 Å². The molecule has 30 heavy (non-hydrogen) atoms. The lowest BCUT2D eigenvalue weighted by molar-refractivity contribution is 0.225. The SMILES string of the molecule is CN(/N=C/c1cc(-c2cncn2C)nc(NC2CCN(CCC=N)CC2)n1)C(N)=S. The summed E-state index contributed by atoms with van der Waals surface area (Å²) in [6.07, 6.45) is 9.41. The molecule has 3 heterocycles. The molecule has 10 nitrogen and oxygen atoms in total. The molecule has 1 fully saturated rings. The average molecular weight is 429 g/mol. The van der Waals surface area contributed by atoms with Gasteiger partial charge in [-0.15, -0.1) is 0 Å². The molecule has 0 atom stereocenters. The molecule has 2 aromatic heterocycles. The molecule has 160 valence electrons. The molecule has 11 heteroatoms. The molecule has 0 unspecified atom stereocenters. The van der Waals surface area contributed by atoms with E-state index in [2.05, 4.69) is 25.3 Å². The Morgan fingerprint density at radius 2 is 2.20 bits per heavy atom. The van der Waals surface area contributed by atoms with E-state index in [0.717, 1.165) is 50.3 Å². The topological polar surface area (TPSA) is 124 Å². The Kier molecular flexibility index (Phi) is 7.41. The zero-order valence-corrected chi connectivity index (χ0v) is 18.1. The van der Waals surface area contributed by atoms with Gasteiger partial charge in [0.2, 0.25) is 5.95 Å². The highest BCUT2D eigenvalue weighted by Crippen LogP contribution is 2.20. The van der Waals surface area contributed by atoms with Gasteiger partial charge in [0.15, 0.2) is 5.11 Å². The van der Waals surface area contributed by atoms with Crippen molar-refractivity contribution in [2.45, 2.75) is 25.3 Å². The smallest absolute Gasteiger partial charge is 0.224 e. The van der Waals surface area contributed by atoms with Gasteiger partial charge in [-0.25, -0.2) is 20.0 Å². The highest BCUT2D eigenvalue weighted by molar-refractivity contribution is 7.80. The van der Waals surface area contributed by atoms with Crippen LogP contribution in [0.25, 0.3) is 11.4 Å². The van der Waals surface area contributed by atoms with E-state index in [-0.39, 0.29) is 5.11 Å². The Morgan fingerprint density at radius 3 is 2.83 bits per heavy atom. The molecule has 1 aliphatic rings. The van der Waals surface area contributed by atoms with Crippen molar-refractivity contribution < 1.29 is 0 Å². The lowest BCUT2D eigenvalue weighted by Gasteiger charge is -2.32. The van der Waals surface area contributed by atoms with Crippen LogP contribution in [0.3, 0.4) is 0 Å². The number of anilines is 1. The molecule has 1 aliphatic heterocycles. The maximum atomic E-state index is 7.19. The minimum atomic E-state index is 0.181. The molecule has 0 amide bonds. The first kappa shape index (κ1) is 21.8. The van der Waals surface area contributed by atoms with E-state index >= 15 is 0 Å². The second-order valence-electron chi connectivity index (χ2n) is 7.25. The van der Waals surface area contributed by atoms with E-state index in [1.165, 1.54) is 11.2 Å². The van der Waals surface area contributed by atoms with E-state index in [4.69, 9.17) is 28.3 Å². The number of aryl methyl sites for hydroxylation is 1. The van der Waals surface area contributed by atoms with E-state index in [9.17, 15) is 0 Å². The van der Waals surface area contributed by atoms with Crippen molar-refractivity contribution in [1.29, 1.82) is 5.41 Å². The summed E-state index contributed by atoms with van der Waals surface area (Å²) in [4.78, 5) is 15.9. The predicted molar refractivity (Wildman–Crippen MR) is 123 cm³/mol. The zero-order valence-electron chi connectivity index (χ0n) is 17.3. The fraction of sp³-hybridized carbons (Fsp3) is 0.474. The van der Waals surface area contributed by atoms with Gasteiger partial charge in [0.1, 0.15) is 0 Å². The van der Waals surface area contributed by atoms with Crippen molar-refractivity contribution in [3.63, 3.8) is 0 Å². The van der Waals surface area contributed by atoms with Crippen molar-refractivity contribution in [3.05, 3.63) is 24.3 Å². The molecule has 4 N–H and O–H groups in total. The second-order valence-corrected chi connectivity index (χ2v) is 7.67. The number of nitrogens with two attached hydrogens (primary N) is 1. The van der Waals surface area contributed by atoms with Crippen molar-refractivity contribution in [2.24, 2.45) is 17.9 Å². The van der Waals surface area contributed by atoms with Gasteiger partial charge in [-0.05, 0) is 43.8 Å². The lowest BCUT2D eigenvalue weighted by Crippen LogP contribution is -2.39. The van der Waals surface area contributed by atoms with Crippen LogP contribution in [0.4, 0.5) is 5.95 Å². The third kappa shape index (κ3) is 5.80. The van der Waals surface area contributed by atoms with Gasteiger partial charge in [0, 0.05) is 39.8 Å². The minimum Gasteiger partial charge on any atom is -0.375 e. The number of thiocarbonyl (C=S) groups is 1. The lowest BCUT2D eigenvalue weighted by atomic mass is 10.1. The summed E-state index contributed by atoms with van der Waals surface area (Å²) >= 11 is 4.93. The third-order valence-corrected chi connectivity index (χ3v) is 5.28. The number of aromatic nitrogens is 4. The van der Waals surface area contributed by atoms with Gasteiger partial charge in [-0.1, -0.05) is 0 Å². The summed E-state index contributed by atoms with van der Waals surface area (Å²) in [5.74, 6) is 0.561. The average Bonchev–Trinajstić information content (AvgIpc) is 3.17. The van der Waals surface area contributed by atoms with Crippen LogP contribution in [0, 0.1) is 5.41 Å². The Labute approximate surface area is 181 Å². The quantitative estimate of drug-likeness (QED) is 0.326. The van der Waals surface area contributed by atoms with Crippen LogP contribution < -0.4 is 11.1 Å². The van der Waals surface area contributed by atoms with Crippen LogP contribution in [0.2, 0.25) is 0 Å². The number of rotatable bonds is 8. The van der Waals surface area contributed by atoms with Crippen molar-refractivity contribution in [3.8, 4) is 11.4 Å². The number of imidazole rings is 1. The Bertz CT molecular complexity index is 900. The monoisotopic (exact) mass is 428 g/mol. The number of hydrazone groups is 1. The molecular weight excluding hydrogens is 400 g/mol. The summed E-state index contributed by atoms with van der Waals surface area (Å²) < 4.78 is 1.91. The minimum absolute atomic E-state index is 0.181. The van der Waals surface area contributed by atoms with E-state index in [1.54, 1.807) is 25.8 Å². The summed E-state index contributed by atoms with van der Waals surface area (Å²) in [5.41, 5.74) is 7.89. The summed E-state index contributed by atoms with van der Waals surface area (Å²) in [6, 6.07) is 2.16. The Morgan fingerprint density at radius 1 is 1.43 bits per heavy atom. The van der Waals surface area contributed by atoms with Crippen molar-refractivity contribution in [2.75, 3.05) is 32.0 Å². The number of nitrogens with one attached hydrogen (secondary N) is 2. The Hall–Kier alpha value is -2.92. The summed E-state index contributed by atoms with van der Waals surface area (Å²) in [6.45, 7) is 2.94. The molecule has 0 radical (unpaired) electrons.